The Morgan fingerprint density at radius 1 is 1.21 bits per heavy atom. The van der Waals surface area contributed by atoms with Gasteiger partial charge in [-0.05, 0) is 49.8 Å². The molecule has 3 nitrogen and oxygen atoms in total. The predicted molar refractivity (Wildman–Crippen MR) is 79.4 cm³/mol. The quantitative estimate of drug-likeness (QED) is 0.784. The van der Waals surface area contributed by atoms with Gasteiger partial charge >= 0.3 is 0 Å². The van der Waals surface area contributed by atoms with Crippen molar-refractivity contribution in [1.29, 1.82) is 0 Å². The van der Waals surface area contributed by atoms with Gasteiger partial charge in [-0.3, -0.25) is 0 Å². The van der Waals surface area contributed by atoms with Crippen molar-refractivity contribution in [2.45, 2.75) is 52.1 Å². The number of hydrogen-bond acceptors (Lipinski definition) is 3. The lowest BCUT2D eigenvalue weighted by Crippen LogP contribution is -2.30. The van der Waals surface area contributed by atoms with Crippen LogP contribution in [0, 0.1) is 5.92 Å². The normalized spacial score (nSPS) is 25.8. The SMILES string of the molecule is CC.CC1NC(CO)CC1CCc1ccc(O)cc1. The molecule has 1 aliphatic heterocycles. The van der Waals surface area contributed by atoms with E-state index in [-0.39, 0.29) is 12.6 Å². The average Bonchev–Trinajstić information content (AvgIpc) is 2.81. The molecular formula is C16H27NO2. The molecule has 1 fully saturated rings. The highest BCUT2D eigenvalue weighted by Crippen LogP contribution is 2.25. The van der Waals surface area contributed by atoms with E-state index in [1.165, 1.54) is 5.56 Å². The van der Waals surface area contributed by atoms with Crippen LogP contribution in [-0.4, -0.2) is 28.9 Å². The summed E-state index contributed by atoms with van der Waals surface area (Å²) in [7, 11) is 0. The number of phenolic OH excluding ortho intramolecular Hbond substituents is 1. The monoisotopic (exact) mass is 265 g/mol. The molecular weight excluding hydrogens is 238 g/mol. The van der Waals surface area contributed by atoms with Gasteiger partial charge in [-0.15, -0.1) is 0 Å². The van der Waals surface area contributed by atoms with E-state index < -0.39 is 0 Å². The van der Waals surface area contributed by atoms with Gasteiger partial charge in [0.25, 0.3) is 0 Å². The van der Waals surface area contributed by atoms with Crippen molar-refractivity contribution in [3.63, 3.8) is 0 Å². The minimum atomic E-state index is 0.236. The third kappa shape index (κ3) is 4.84. The first-order valence-electron chi connectivity index (χ1n) is 7.34. The molecule has 0 aromatic heterocycles. The van der Waals surface area contributed by atoms with Crippen LogP contribution in [0.15, 0.2) is 24.3 Å². The van der Waals surface area contributed by atoms with Crippen molar-refractivity contribution in [3.05, 3.63) is 29.8 Å². The van der Waals surface area contributed by atoms with Crippen LogP contribution in [0.2, 0.25) is 0 Å². The maximum atomic E-state index is 9.21. The molecule has 1 aromatic carbocycles. The lowest BCUT2D eigenvalue weighted by atomic mass is 9.93. The van der Waals surface area contributed by atoms with Gasteiger partial charge in [-0.1, -0.05) is 26.0 Å². The van der Waals surface area contributed by atoms with Gasteiger partial charge in [-0.2, -0.15) is 0 Å². The van der Waals surface area contributed by atoms with E-state index in [4.69, 9.17) is 5.11 Å². The minimum Gasteiger partial charge on any atom is -0.508 e. The molecule has 1 saturated heterocycles. The first-order chi connectivity index (χ1) is 9.19. The van der Waals surface area contributed by atoms with Crippen LogP contribution in [0.5, 0.6) is 5.75 Å². The molecule has 1 heterocycles. The molecule has 3 atom stereocenters. The zero-order valence-corrected chi connectivity index (χ0v) is 12.3. The number of aromatic hydroxyl groups is 1. The van der Waals surface area contributed by atoms with Crippen LogP contribution < -0.4 is 5.32 Å². The zero-order chi connectivity index (χ0) is 14.3. The van der Waals surface area contributed by atoms with Crippen molar-refractivity contribution < 1.29 is 10.2 Å². The van der Waals surface area contributed by atoms with Crippen LogP contribution in [0.3, 0.4) is 0 Å². The number of aliphatic hydroxyl groups excluding tert-OH is 1. The summed E-state index contributed by atoms with van der Waals surface area (Å²) in [6.07, 6.45) is 3.24. The Hall–Kier alpha value is -1.06. The molecule has 0 spiro atoms. The molecule has 0 aliphatic carbocycles. The van der Waals surface area contributed by atoms with E-state index in [0.717, 1.165) is 19.3 Å². The summed E-state index contributed by atoms with van der Waals surface area (Å²) in [6, 6.07) is 8.20. The Morgan fingerprint density at radius 2 is 1.84 bits per heavy atom. The van der Waals surface area contributed by atoms with E-state index in [1.54, 1.807) is 12.1 Å². The van der Waals surface area contributed by atoms with Crippen molar-refractivity contribution in [3.8, 4) is 5.75 Å². The van der Waals surface area contributed by atoms with E-state index in [2.05, 4.69) is 12.2 Å². The van der Waals surface area contributed by atoms with Crippen molar-refractivity contribution >= 4 is 0 Å². The van der Waals surface area contributed by atoms with Gasteiger partial charge in [0.05, 0.1) is 6.61 Å². The summed E-state index contributed by atoms with van der Waals surface area (Å²) < 4.78 is 0. The first-order valence-corrected chi connectivity index (χ1v) is 7.34. The summed E-state index contributed by atoms with van der Waals surface area (Å²) in [6.45, 7) is 6.43. The van der Waals surface area contributed by atoms with Crippen molar-refractivity contribution in [1.82, 2.24) is 5.32 Å². The standard InChI is InChI=1S/C14H21NO2.C2H6/c1-10-12(8-13(9-16)15-10)5-2-11-3-6-14(17)7-4-11;1-2/h3-4,6-7,10,12-13,15-17H,2,5,8-9H2,1H3;1-2H3. The van der Waals surface area contributed by atoms with Gasteiger partial charge in [-0.25, -0.2) is 0 Å². The smallest absolute Gasteiger partial charge is 0.115 e. The largest absolute Gasteiger partial charge is 0.508 e. The highest BCUT2D eigenvalue weighted by molar-refractivity contribution is 5.25. The van der Waals surface area contributed by atoms with Crippen LogP contribution in [-0.2, 0) is 6.42 Å². The third-order valence-electron chi connectivity index (χ3n) is 3.75. The minimum absolute atomic E-state index is 0.236. The number of aryl methyl sites for hydroxylation is 1. The second-order valence-corrected chi connectivity index (χ2v) is 5.04. The van der Waals surface area contributed by atoms with Gasteiger partial charge in [0.2, 0.25) is 0 Å². The molecule has 0 bridgehead atoms. The van der Waals surface area contributed by atoms with E-state index in [1.807, 2.05) is 26.0 Å². The fourth-order valence-electron chi connectivity index (χ4n) is 2.66. The summed E-state index contributed by atoms with van der Waals surface area (Å²) >= 11 is 0. The molecule has 1 aromatic rings. The van der Waals surface area contributed by atoms with Crippen LogP contribution in [0.25, 0.3) is 0 Å². The van der Waals surface area contributed by atoms with Gasteiger partial charge in [0, 0.05) is 12.1 Å². The molecule has 3 N–H and O–H groups in total. The number of hydrogen-bond donors (Lipinski definition) is 3. The van der Waals surface area contributed by atoms with Crippen LogP contribution >= 0.6 is 0 Å². The second-order valence-electron chi connectivity index (χ2n) is 5.04. The molecule has 0 saturated carbocycles. The Morgan fingerprint density at radius 3 is 2.37 bits per heavy atom. The molecule has 3 heteroatoms. The molecule has 19 heavy (non-hydrogen) atoms. The Kier molecular flexibility index (Phi) is 6.89. The average molecular weight is 265 g/mol. The Labute approximate surface area is 116 Å². The number of benzene rings is 1. The van der Waals surface area contributed by atoms with Gasteiger partial charge in [0.1, 0.15) is 5.75 Å². The summed E-state index contributed by atoms with van der Waals surface area (Å²) in [4.78, 5) is 0. The van der Waals surface area contributed by atoms with E-state index in [9.17, 15) is 5.11 Å². The van der Waals surface area contributed by atoms with Crippen LogP contribution in [0.1, 0.15) is 39.2 Å². The second kappa shape index (κ2) is 8.18. The third-order valence-corrected chi connectivity index (χ3v) is 3.75. The maximum Gasteiger partial charge on any atom is 0.115 e. The molecule has 0 radical (unpaired) electrons. The highest BCUT2D eigenvalue weighted by Gasteiger charge is 2.29. The van der Waals surface area contributed by atoms with Crippen molar-refractivity contribution in [2.24, 2.45) is 5.92 Å². The van der Waals surface area contributed by atoms with Gasteiger partial charge < -0.3 is 15.5 Å². The molecule has 3 unspecified atom stereocenters. The fourth-order valence-corrected chi connectivity index (χ4v) is 2.66. The summed E-state index contributed by atoms with van der Waals surface area (Å²) in [5.41, 5.74) is 1.27. The van der Waals surface area contributed by atoms with E-state index in [0.29, 0.717) is 17.7 Å². The number of rotatable bonds is 4. The van der Waals surface area contributed by atoms with E-state index >= 15 is 0 Å². The topological polar surface area (TPSA) is 52.5 Å². The number of phenols is 1. The fraction of sp³-hybridized carbons (Fsp3) is 0.625. The molecule has 0 amide bonds. The summed E-state index contributed by atoms with van der Waals surface area (Å²) in [5.74, 6) is 0.964. The first kappa shape index (κ1) is 16.0. The van der Waals surface area contributed by atoms with Gasteiger partial charge in [0.15, 0.2) is 0 Å². The lowest BCUT2D eigenvalue weighted by Gasteiger charge is -2.14. The Bertz CT molecular complexity index is 350. The highest BCUT2D eigenvalue weighted by atomic mass is 16.3. The van der Waals surface area contributed by atoms with Crippen LogP contribution in [0.4, 0.5) is 0 Å². The molecule has 1 aliphatic rings. The lowest BCUT2D eigenvalue weighted by molar-refractivity contribution is 0.251. The number of nitrogens with one attached hydrogen (secondary N) is 1. The predicted octanol–water partition coefficient (Wildman–Crippen LogP) is 2.71. The molecule has 2 rings (SSSR count). The molecule has 108 valence electrons. The summed E-state index contributed by atoms with van der Waals surface area (Å²) in [5, 5.41) is 21.7. The maximum absolute atomic E-state index is 9.21. The van der Waals surface area contributed by atoms with Crippen molar-refractivity contribution in [2.75, 3.05) is 6.61 Å². The zero-order valence-electron chi connectivity index (χ0n) is 12.3. The number of aliphatic hydroxyl groups is 1. The Balaban J connectivity index is 0.000000861.